The maximum Gasteiger partial charge on any atom is 0.306 e. The highest BCUT2D eigenvalue weighted by molar-refractivity contribution is 5.70. The monoisotopic (exact) mass is 643 g/mol. The molecule has 2 aromatic heterocycles. The van der Waals surface area contributed by atoms with Crippen LogP contribution in [-0.4, -0.2) is 72.1 Å². The van der Waals surface area contributed by atoms with Crippen LogP contribution in [0.1, 0.15) is 105 Å². The first-order chi connectivity index (χ1) is 22.7. The van der Waals surface area contributed by atoms with E-state index in [9.17, 15) is 15.0 Å². The van der Waals surface area contributed by atoms with Crippen LogP contribution in [0.25, 0.3) is 0 Å². The van der Waals surface area contributed by atoms with E-state index in [0.29, 0.717) is 31.0 Å². The van der Waals surface area contributed by atoms with E-state index in [0.717, 1.165) is 100 Å². The van der Waals surface area contributed by atoms with Crippen molar-refractivity contribution >= 4 is 11.8 Å². The average molecular weight is 644 g/mol. The molecule has 1 aliphatic heterocycles. The van der Waals surface area contributed by atoms with Crippen molar-refractivity contribution in [1.29, 1.82) is 0 Å². The molecule has 3 heterocycles. The Labute approximate surface area is 279 Å². The number of nitrogens with one attached hydrogen (secondary N) is 2. The summed E-state index contributed by atoms with van der Waals surface area (Å²) in [5.41, 5.74) is 4.11. The number of hydrogen-bond acceptors (Lipinski definition) is 8. The highest BCUT2D eigenvalue weighted by Crippen LogP contribution is 2.37. The molecule has 3 aromatic rings. The number of nitrogens with zero attached hydrogens (tertiary/aromatic N) is 5. The van der Waals surface area contributed by atoms with Crippen LogP contribution >= 0.6 is 0 Å². The molecule has 6 rings (SSSR count). The van der Waals surface area contributed by atoms with Crippen LogP contribution < -0.4 is 10.6 Å². The summed E-state index contributed by atoms with van der Waals surface area (Å²) in [5, 5.41) is 32.5. The second-order valence-electron chi connectivity index (χ2n) is 14.6. The van der Waals surface area contributed by atoms with Crippen molar-refractivity contribution in [2.45, 2.75) is 108 Å². The number of aryl methyl sites for hydroxylation is 2. The number of anilines is 1. The second kappa shape index (κ2) is 14.8. The summed E-state index contributed by atoms with van der Waals surface area (Å²) >= 11 is 0. The van der Waals surface area contributed by atoms with Crippen LogP contribution in [0.5, 0.6) is 0 Å². The highest BCUT2D eigenvalue weighted by Gasteiger charge is 2.33. The van der Waals surface area contributed by atoms with Gasteiger partial charge in [0.2, 0.25) is 0 Å². The summed E-state index contributed by atoms with van der Waals surface area (Å²) in [5.74, 6) is 1.72. The molecule has 3 aliphatic rings. The zero-order chi connectivity index (χ0) is 33.0. The number of piperidine rings is 1. The number of likely N-dealkylation sites (tertiary alicyclic amines) is 1. The minimum Gasteiger partial charge on any atom is -0.481 e. The zero-order valence-corrected chi connectivity index (χ0v) is 28.4. The first kappa shape index (κ1) is 33.6. The number of carboxylic acid groups (broad SMARTS) is 1. The number of aromatic nitrogens is 4. The number of aliphatic carboxylic acids is 1. The molecule has 0 unspecified atom stereocenters. The van der Waals surface area contributed by atoms with E-state index < -0.39 is 11.6 Å². The summed E-state index contributed by atoms with van der Waals surface area (Å²) in [6.07, 6.45) is 13.0. The molecule has 0 bridgehead atoms. The number of rotatable bonds is 12. The Morgan fingerprint density at radius 3 is 2.60 bits per heavy atom. The first-order valence-corrected chi connectivity index (χ1v) is 17.8. The number of fused-ring (bicyclic) bond motifs is 1. The van der Waals surface area contributed by atoms with E-state index in [1.807, 2.05) is 24.9 Å². The van der Waals surface area contributed by atoms with E-state index in [1.54, 1.807) is 0 Å². The molecule has 1 saturated heterocycles. The third kappa shape index (κ3) is 8.39. The Bertz CT molecular complexity index is 1480. The Balaban J connectivity index is 1.26. The van der Waals surface area contributed by atoms with Gasteiger partial charge in [-0.1, -0.05) is 37.3 Å². The van der Waals surface area contributed by atoms with Gasteiger partial charge in [0.25, 0.3) is 0 Å². The van der Waals surface area contributed by atoms with Gasteiger partial charge in [0, 0.05) is 49.2 Å². The molecule has 0 radical (unpaired) electrons. The normalized spacial score (nSPS) is 26.3. The number of benzene rings is 1. The lowest BCUT2D eigenvalue weighted by Gasteiger charge is -2.38. The van der Waals surface area contributed by atoms with Crippen LogP contribution in [0.15, 0.2) is 42.7 Å². The maximum atomic E-state index is 11.5. The average Bonchev–Trinajstić information content (AvgIpc) is 3.51. The van der Waals surface area contributed by atoms with Crippen molar-refractivity contribution in [2.24, 2.45) is 18.9 Å². The minimum atomic E-state index is -0.684. The Morgan fingerprint density at radius 2 is 1.91 bits per heavy atom. The molecule has 254 valence electrons. The molecular weight excluding hydrogens is 590 g/mol. The molecule has 0 amide bonds. The van der Waals surface area contributed by atoms with Crippen LogP contribution in [0, 0.1) is 11.8 Å². The number of hydrogen-bond donors (Lipinski definition) is 4. The van der Waals surface area contributed by atoms with Gasteiger partial charge in [0.1, 0.15) is 11.6 Å². The molecule has 10 heteroatoms. The van der Waals surface area contributed by atoms with Gasteiger partial charge in [0.15, 0.2) is 0 Å². The minimum absolute atomic E-state index is 0.0534. The predicted octanol–water partition coefficient (Wildman–Crippen LogP) is 5.24. The standard InChI is InChI=1S/C37H53N7O3/c1-4-31(26-11-13-27(14-12-26)36(45)46)38-21-34-40-32-16-15-28(25-9-6-5-7-10-25)19-30(32)35(42-34)41-33(29-20-39-43(3)22-29)23-44-18-8-17-37(2,47)24-44/h5-7,9-10,20,22,26-28,31,33,38,47H,4,8,11-19,21,23-24H2,1-3H3,(H,45,46)(H,40,41,42)/t26?,27?,28-,31-,33+,37-/m1/s1. The topological polar surface area (TPSA) is 128 Å². The van der Waals surface area contributed by atoms with Gasteiger partial charge in [-0.05, 0) is 95.1 Å². The smallest absolute Gasteiger partial charge is 0.306 e. The van der Waals surface area contributed by atoms with E-state index in [1.165, 1.54) is 11.1 Å². The summed E-state index contributed by atoms with van der Waals surface area (Å²) in [6.45, 7) is 7.07. The van der Waals surface area contributed by atoms with Crippen molar-refractivity contribution in [3.63, 3.8) is 0 Å². The van der Waals surface area contributed by atoms with Gasteiger partial charge in [-0.3, -0.25) is 14.4 Å². The number of β-amino-alcohol motifs (C(OH)–C–C–N with tert-alkyl or cyclic N) is 1. The Kier molecular flexibility index (Phi) is 10.6. The molecule has 0 spiro atoms. The largest absolute Gasteiger partial charge is 0.481 e. The van der Waals surface area contributed by atoms with E-state index in [-0.39, 0.29) is 12.0 Å². The molecular formula is C37H53N7O3. The lowest BCUT2D eigenvalue weighted by molar-refractivity contribution is -0.143. The molecule has 4 atom stereocenters. The summed E-state index contributed by atoms with van der Waals surface area (Å²) in [6, 6.07) is 11.0. The van der Waals surface area contributed by atoms with Crippen LogP contribution in [0.3, 0.4) is 0 Å². The summed E-state index contributed by atoms with van der Waals surface area (Å²) < 4.78 is 1.85. The van der Waals surface area contributed by atoms with Crippen LogP contribution in [0.2, 0.25) is 0 Å². The fraction of sp³-hybridized carbons (Fsp3) is 0.622. The summed E-state index contributed by atoms with van der Waals surface area (Å²) in [4.78, 5) is 24.3. The van der Waals surface area contributed by atoms with Crippen LogP contribution in [-0.2, 0) is 31.2 Å². The van der Waals surface area contributed by atoms with Crippen molar-refractivity contribution in [2.75, 3.05) is 25.0 Å². The Morgan fingerprint density at radius 1 is 1.13 bits per heavy atom. The quantitative estimate of drug-likeness (QED) is 0.209. The Hall–Kier alpha value is -3.34. The van der Waals surface area contributed by atoms with Gasteiger partial charge >= 0.3 is 5.97 Å². The fourth-order valence-corrected chi connectivity index (χ4v) is 8.26. The number of carbonyl (C=O) groups is 1. The molecule has 47 heavy (non-hydrogen) atoms. The van der Waals surface area contributed by atoms with E-state index in [4.69, 9.17) is 9.97 Å². The van der Waals surface area contributed by atoms with E-state index >= 15 is 0 Å². The van der Waals surface area contributed by atoms with Crippen molar-refractivity contribution in [3.8, 4) is 0 Å². The SMILES string of the molecule is CC[C@@H](NCc1nc2c(c(N[C@@H](CN3CCC[C@@](C)(O)C3)c3cnn(C)c3)n1)C[C@H](c1ccccc1)CC2)C1CCC(C(=O)O)CC1. The van der Waals surface area contributed by atoms with Gasteiger partial charge < -0.3 is 20.8 Å². The van der Waals surface area contributed by atoms with Gasteiger partial charge in [-0.25, -0.2) is 9.97 Å². The van der Waals surface area contributed by atoms with Crippen molar-refractivity contribution in [1.82, 2.24) is 30.0 Å². The zero-order valence-electron chi connectivity index (χ0n) is 28.4. The summed E-state index contributed by atoms with van der Waals surface area (Å²) in [7, 11) is 1.95. The lowest BCUT2D eigenvalue weighted by Crippen LogP contribution is -2.48. The lowest BCUT2D eigenvalue weighted by atomic mass is 9.78. The highest BCUT2D eigenvalue weighted by atomic mass is 16.4. The molecule has 2 aliphatic carbocycles. The van der Waals surface area contributed by atoms with Crippen molar-refractivity contribution < 1.29 is 15.0 Å². The van der Waals surface area contributed by atoms with Gasteiger partial charge in [-0.2, -0.15) is 5.10 Å². The van der Waals surface area contributed by atoms with E-state index in [2.05, 4.69) is 64.1 Å². The third-order valence-corrected chi connectivity index (χ3v) is 10.9. The first-order valence-electron chi connectivity index (χ1n) is 17.8. The second-order valence-corrected chi connectivity index (χ2v) is 14.6. The molecule has 10 nitrogen and oxygen atoms in total. The fourth-order valence-electron chi connectivity index (χ4n) is 8.26. The molecule has 1 saturated carbocycles. The third-order valence-electron chi connectivity index (χ3n) is 10.9. The predicted molar refractivity (Wildman–Crippen MR) is 183 cm³/mol. The molecule has 4 N–H and O–H groups in total. The molecule has 1 aromatic carbocycles. The van der Waals surface area contributed by atoms with Gasteiger partial charge in [0.05, 0.1) is 30.3 Å². The van der Waals surface area contributed by atoms with Crippen LogP contribution in [0.4, 0.5) is 5.82 Å². The number of carboxylic acids is 1. The molecule has 2 fully saturated rings. The van der Waals surface area contributed by atoms with Crippen molar-refractivity contribution in [3.05, 3.63) is 70.9 Å². The van der Waals surface area contributed by atoms with Gasteiger partial charge in [-0.15, -0.1) is 0 Å². The number of aliphatic hydroxyl groups is 1. The maximum absolute atomic E-state index is 11.5.